The average Bonchev–Trinajstić information content (AvgIpc) is 2.90. The van der Waals surface area contributed by atoms with Gasteiger partial charge < -0.3 is 10.0 Å². The van der Waals surface area contributed by atoms with E-state index in [1.165, 1.54) is 4.90 Å². The first-order valence-electron chi connectivity index (χ1n) is 6.03. The molecule has 2 N–H and O–H groups in total. The standard InChI is InChI=1S/C12H17N3O3/c1-7-9(8(2)14-13-7)6-11(16)15-5-3-4-10(15)12(17)18/h10H,3-6H2,1-2H3,(H,13,14)(H,17,18). The lowest BCUT2D eigenvalue weighted by atomic mass is 10.1. The van der Waals surface area contributed by atoms with Crippen LogP contribution in [0.1, 0.15) is 29.8 Å². The van der Waals surface area contributed by atoms with Crippen molar-refractivity contribution in [2.75, 3.05) is 6.54 Å². The zero-order chi connectivity index (χ0) is 13.3. The Bertz CT molecular complexity index is 461. The monoisotopic (exact) mass is 251 g/mol. The molecule has 1 aromatic heterocycles. The number of aryl methyl sites for hydroxylation is 2. The van der Waals surface area contributed by atoms with Crippen molar-refractivity contribution >= 4 is 11.9 Å². The molecule has 6 nitrogen and oxygen atoms in total. The third kappa shape index (κ3) is 2.23. The minimum absolute atomic E-state index is 0.132. The lowest BCUT2D eigenvalue weighted by Crippen LogP contribution is -2.41. The number of likely N-dealkylation sites (tertiary alicyclic amines) is 1. The van der Waals surface area contributed by atoms with Crippen LogP contribution < -0.4 is 0 Å². The summed E-state index contributed by atoms with van der Waals surface area (Å²) in [6.45, 7) is 4.23. The van der Waals surface area contributed by atoms with E-state index in [0.29, 0.717) is 13.0 Å². The van der Waals surface area contributed by atoms with Crippen molar-refractivity contribution in [3.63, 3.8) is 0 Å². The summed E-state index contributed by atoms with van der Waals surface area (Å²) < 4.78 is 0. The predicted molar refractivity (Wildman–Crippen MR) is 64.1 cm³/mol. The molecule has 1 atom stereocenters. The van der Waals surface area contributed by atoms with Crippen LogP contribution in [0, 0.1) is 13.8 Å². The number of carboxylic acid groups (broad SMARTS) is 1. The van der Waals surface area contributed by atoms with E-state index in [0.717, 1.165) is 23.4 Å². The highest BCUT2D eigenvalue weighted by Gasteiger charge is 2.34. The van der Waals surface area contributed by atoms with Crippen LogP contribution in [0.25, 0.3) is 0 Å². The van der Waals surface area contributed by atoms with E-state index in [4.69, 9.17) is 5.11 Å². The van der Waals surface area contributed by atoms with Crippen molar-refractivity contribution in [1.29, 1.82) is 0 Å². The number of carboxylic acids is 1. The van der Waals surface area contributed by atoms with Gasteiger partial charge in [-0.15, -0.1) is 0 Å². The molecule has 1 fully saturated rings. The van der Waals surface area contributed by atoms with Gasteiger partial charge in [0.1, 0.15) is 6.04 Å². The topological polar surface area (TPSA) is 86.3 Å². The van der Waals surface area contributed by atoms with Crippen LogP contribution in [0.4, 0.5) is 0 Å². The largest absolute Gasteiger partial charge is 0.480 e. The Kier molecular flexibility index (Phi) is 3.36. The highest BCUT2D eigenvalue weighted by Crippen LogP contribution is 2.20. The first-order chi connectivity index (χ1) is 8.50. The van der Waals surface area contributed by atoms with Crippen molar-refractivity contribution in [1.82, 2.24) is 15.1 Å². The van der Waals surface area contributed by atoms with Crippen molar-refractivity contribution in [3.05, 3.63) is 17.0 Å². The molecular formula is C12H17N3O3. The molecule has 1 aliphatic heterocycles. The summed E-state index contributed by atoms with van der Waals surface area (Å²) in [5.41, 5.74) is 2.54. The number of hydrogen-bond acceptors (Lipinski definition) is 3. The molecule has 0 aromatic carbocycles. The van der Waals surface area contributed by atoms with Gasteiger partial charge in [0.2, 0.25) is 5.91 Å². The molecule has 0 radical (unpaired) electrons. The average molecular weight is 251 g/mol. The summed E-state index contributed by atoms with van der Waals surface area (Å²) in [5, 5.41) is 15.9. The number of carbonyl (C=O) groups excluding carboxylic acids is 1. The van der Waals surface area contributed by atoms with Gasteiger partial charge in [-0.2, -0.15) is 5.10 Å². The van der Waals surface area contributed by atoms with Crippen LogP contribution in [0.2, 0.25) is 0 Å². The molecule has 2 heterocycles. The second-order valence-corrected chi connectivity index (χ2v) is 4.67. The molecule has 2 rings (SSSR count). The molecule has 1 aliphatic rings. The fourth-order valence-corrected chi connectivity index (χ4v) is 2.41. The number of H-pyrrole nitrogens is 1. The van der Waals surface area contributed by atoms with Crippen LogP contribution in [0.15, 0.2) is 0 Å². The number of carbonyl (C=O) groups is 2. The maximum atomic E-state index is 12.2. The summed E-state index contributed by atoms with van der Waals surface area (Å²) in [7, 11) is 0. The first kappa shape index (κ1) is 12.6. The molecular weight excluding hydrogens is 234 g/mol. The molecule has 98 valence electrons. The normalized spacial score (nSPS) is 19.2. The Morgan fingerprint density at radius 2 is 2.22 bits per heavy atom. The fraction of sp³-hybridized carbons (Fsp3) is 0.583. The maximum Gasteiger partial charge on any atom is 0.326 e. The summed E-state index contributed by atoms with van der Waals surface area (Å²) >= 11 is 0. The van der Waals surface area contributed by atoms with Gasteiger partial charge in [-0.1, -0.05) is 0 Å². The lowest BCUT2D eigenvalue weighted by molar-refractivity contribution is -0.148. The number of nitrogens with one attached hydrogen (secondary N) is 1. The van der Waals surface area contributed by atoms with Crippen molar-refractivity contribution < 1.29 is 14.7 Å². The van der Waals surface area contributed by atoms with Gasteiger partial charge in [-0.05, 0) is 26.7 Å². The fourth-order valence-electron chi connectivity index (χ4n) is 2.41. The number of rotatable bonds is 3. The first-order valence-corrected chi connectivity index (χ1v) is 6.03. The molecule has 0 spiro atoms. The highest BCUT2D eigenvalue weighted by atomic mass is 16.4. The van der Waals surface area contributed by atoms with E-state index in [1.54, 1.807) is 0 Å². The maximum absolute atomic E-state index is 12.2. The Hall–Kier alpha value is -1.85. The summed E-state index contributed by atoms with van der Waals surface area (Å²) in [6.07, 6.45) is 1.52. The smallest absolute Gasteiger partial charge is 0.326 e. The van der Waals surface area contributed by atoms with Crippen LogP contribution in [0.5, 0.6) is 0 Å². The Balaban J connectivity index is 2.11. The molecule has 0 saturated carbocycles. The quantitative estimate of drug-likeness (QED) is 0.825. The predicted octanol–water partition coefficient (Wildman–Crippen LogP) is 0.645. The number of nitrogens with zero attached hydrogens (tertiary/aromatic N) is 2. The van der Waals surface area contributed by atoms with E-state index < -0.39 is 12.0 Å². The number of aromatic amines is 1. The van der Waals surface area contributed by atoms with Gasteiger partial charge in [0.25, 0.3) is 0 Å². The third-order valence-electron chi connectivity index (χ3n) is 3.47. The van der Waals surface area contributed by atoms with E-state index in [2.05, 4.69) is 10.2 Å². The Labute approximate surface area is 105 Å². The van der Waals surface area contributed by atoms with Gasteiger partial charge in [-0.25, -0.2) is 4.79 Å². The second kappa shape index (κ2) is 4.80. The summed E-state index contributed by atoms with van der Waals surface area (Å²) in [5.74, 6) is -1.05. The van der Waals surface area contributed by atoms with Gasteiger partial charge in [0, 0.05) is 17.8 Å². The molecule has 6 heteroatoms. The molecule has 0 bridgehead atoms. The second-order valence-electron chi connectivity index (χ2n) is 4.67. The van der Waals surface area contributed by atoms with Crippen LogP contribution in [0.3, 0.4) is 0 Å². The van der Waals surface area contributed by atoms with E-state index in [9.17, 15) is 9.59 Å². The van der Waals surface area contributed by atoms with Gasteiger partial charge >= 0.3 is 5.97 Å². The zero-order valence-electron chi connectivity index (χ0n) is 10.6. The Morgan fingerprint density at radius 1 is 1.50 bits per heavy atom. The molecule has 0 aliphatic carbocycles. The minimum atomic E-state index is -0.915. The number of aliphatic carboxylic acids is 1. The van der Waals surface area contributed by atoms with E-state index in [-0.39, 0.29) is 12.3 Å². The SMILES string of the molecule is Cc1n[nH]c(C)c1CC(=O)N1CCCC1C(=O)O. The van der Waals surface area contributed by atoms with Crippen molar-refractivity contribution in [2.45, 2.75) is 39.2 Å². The lowest BCUT2D eigenvalue weighted by Gasteiger charge is -2.21. The number of aromatic nitrogens is 2. The van der Waals surface area contributed by atoms with Gasteiger partial charge in [0.05, 0.1) is 12.1 Å². The number of hydrogen-bond donors (Lipinski definition) is 2. The van der Waals surface area contributed by atoms with Crippen LogP contribution in [-0.2, 0) is 16.0 Å². The molecule has 1 aromatic rings. The zero-order valence-corrected chi connectivity index (χ0v) is 10.6. The highest BCUT2D eigenvalue weighted by molar-refractivity contribution is 5.85. The van der Waals surface area contributed by atoms with Gasteiger partial charge in [0.15, 0.2) is 0 Å². The third-order valence-corrected chi connectivity index (χ3v) is 3.47. The van der Waals surface area contributed by atoms with E-state index in [1.807, 2.05) is 13.8 Å². The van der Waals surface area contributed by atoms with Gasteiger partial charge in [-0.3, -0.25) is 9.89 Å². The van der Waals surface area contributed by atoms with E-state index >= 15 is 0 Å². The van der Waals surface area contributed by atoms with Crippen molar-refractivity contribution in [3.8, 4) is 0 Å². The van der Waals surface area contributed by atoms with Crippen molar-refractivity contribution in [2.24, 2.45) is 0 Å². The summed E-state index contributed by atoms with van der Waals surface area (Å²) in [4.78, 5) is 24.7. The molecule has 1 saturated heterocycles. The Morgan fingerprint density at radius 3 is 2.78 bits per heavy atom. The van der Waals surface area contributed by atoms with Crippen LogP contribution in [-0.4, -0.2) is 44.7 Å². The summed E-state index contributed by atoms with van der Waals surface area (Å²) in [6, 6.07) is -0.662. The molecule has 1 amide bonds. The van der Waals surface area contributed by atoms with Crippen LogP contribution >= 0.6 is 0 Å². The molecule has 1 unspecified atom stereocenters. The molecule has 18 heavy (non-hydrogen) atoms. The number of amides is 1. The minimum Gasteiger partial charge on any atom is -0.480 e.